The van der Waals surface area contributed by atoms with Crippen LogP contribution in [0.2, 0.25) is 0 Å². The standard InChI is InChI=1S/C55H91N17O14S/c1-30(2)44(72-53(84)45(31(3)4)71-50(81)37(13-10-23-62-55(59)60)66-46(77)35(58)26-33-27-61-29-64-33)52(83)68-39(20-24-87-5)49(80)70-41(25-32-14-16-34(73)17-15-32)51(82)67-38(18-19-43(75)76)47(78)63-28-42(74)65-36(11-6-8-21-56)48(79)69-40(54(85)86)12-7-9-22-57/h14-17,27,29-31,35-41,44-45,73H,6-13,18-26,28,56-58H2,1-5H3,(H,61,64)(H,63,78)(H,65,74)(H,66,77)(H,67,82)(H,68,83)(H,69,79)(H,70,80)(H,71,81)(H,72,84)(H,75,76)(H,85,86)(H4,59,60,62)/t35-,36-,37-,38-,39-,40-,41-,44-,45-/m0/s1. The zero-order valence-corrected chi connectivity index (χ0v) is 50.9. The Morgan fingerprint density at radius 3 is 1.61 bits per heavy atom. The second kappa shape index (κ2) is 40.3. The largest absolute Gasteiger partial charge is 0.508 e. The number of aromatic hydroxyl groups is 1. The first-order chi connectivity index (χ1) is 41.2. The van der Waals surface area contributed by atoms with Crippen LogP contribution in [-0.4, -0.2) is 189 Å². The lowest BCUT2D eigenvalue weighted by Crippen LogP contribution is -2.61. The molecule has 0 aliphatic carbocycles. The van der Waals surface area contributed by atoms with Gasteiger partial charge < -0.3 is 96.8 Å². The molecule has 0 spiro atoms. The number of aliphatic imine (C=N–C) groups is 1. The smallest absolute Gasteiger partial charge is 0.326 e. The number of carboxylic acids is 2. The molecule has 23 N–H and O–H groups in total. The van der Waals surface area contributed by atoms with Crippen molar-refractivity contribution in [2.75, 3.05) is 38.2 Å². The van der Waals surface area contributed by atoms with E-state index in [-0.39, 0.29) is 69.7 Å². The highest BCUT2D eigenvalue weighted by Crippen LogP contribution is 2.15. The zero-order valence-electron chi connectivity index (χ0n) is 50.1. The van der Waals surface area contributed by atoms with Crippen LogP contribution in [0.4, 0.5) is 0 Å². The number of thioether (sulfide) groups is 1. The van der Waals surface area contributed by atoms with E-state index in [0.717, 1.165) is 0 Å². The number of unbranched alkanes of at least 4 members (excludes halogenated alkanes) is 2. The zero-order chi connectivity index (χ0) is 65.2. The Morgan fingerprint density at radius 1 is 0.586 bits per heavy atom. The summed E-state index contributed by atoms with van der Waals surface area (Å²) in [5.41, 5.74) is 29.3. The Hall–Kier alpha value is -8.10. The van der Waals surface area contributed by atoms with Crippen molar-refractivity contribution in [2.24, 2.45) is 45.5 Å². The molecular formula is C55H91N17O14S. The van der Waals surface area contributed by atoms with Crippen molar-refractivity contribution in [1.82, 2.24) is 57.8 Å². The van der Waals surface area contributed by atoms with E-state index in [4.69, 9.17) is 28.7 Å². The highest BCUT2D eigenvalue weighted by atomic mass is 32.2. The number of nitrogens with zero attached hydrogens (tertiary/aromatic N) is 2. The molecule has 0 bridgehead atoms. The van der Waals surface area contributed by atoms with Crippen LogP contribution in [0.25, 0.3) is 0 Å². The fourth-order valence-corrected chi connectivity index (χ4v) is 9.06. The molecule has 0 fully saturated rings. The number of rotatable bonds is 43. The third-order valence-electron chi connectivity index (χ3n) is 13.5. The number of guanidine groups is 1. The van der Waals surface area contributed by atoms with Crippen LogP contribution in [-0.2, 0) is 65.6 Å². The number of aromatic nitrogens is 2. The van der Waals surface area contributed by atoms with Gasteiger partial charge in [-0.15, -0.1) is 0 Å². The Morgan fingerprint density at radius 2 is 1.07 bits per heavy atom. The van der Waals surface area contributed by atoms with Gasteiger partial charge in [0.1, 0.15) is 54.1 Å². The summed E-state index contributed by atoms with van der Waals surface area (Å²) >= 11 is 1.33. The second-order valence-corrected chi connectivity index (χ2v) is 22.4. The van der Waals surface area contributed by atoms with Gasteiger partial charge in [0.15, 0.2) is 5.96 Å². The van der Waals surface area contributed by atoms with Crippen molar-refractivity contribution in [3.8, 4) is 5.75 Å². The fraction of sp³-hybridized carbons (Fsp3) is 0.618. The van der Waals surface area contributed by atoms with Crippen LogP contribution in [0.15, 0.2) is 41.8 Å². The van der Waals surface area contributed by atoms with Crippen molar-refractivity contribution in [3.05, 3.63) is 48.0 Å². The van der Waals surface area contributed by atoms with Crippen molar-refractivity contribution >= 4 is 82.8 Å². The number of phenolic OH excluding ortho intramolecular Hbond substituents is 1. The number of imidazole rings is 1. The molecule has 32 heteroatoms. The average molecular weight is 1250 g/mol. The molecule has 1 aromatic carbocycles. The van der Waals surface area contributed by atoms with Gasteiger partial charge in [-0.05, 0) is 119 Å². The Bertz CT molecular complexity index is 2570. The second-order valence-electron chi connectivity index (χ2n) is 21.4. The molecular weight excluding hydrogens is 1150 g/mol. The normalized spacial score (nSPS) is 14.2. The van der Waals surface area contributed by atoms with Gasteiger partial charge in [0.25, 0.3) is 0 Å². The lowest BCUT2D eigenvalue weighted by Gasteiger charge is -2.30. The number of benzene rings is 1. The van der Waals surface area contributed by atoms with Crippen LogP contribution in [0.3, 0.4) is 0 Å². The molecule has 2 aromatic rings. The molecule has 486 valence electrons. The average Bonchev–Trinajstić information content (AvgIpc) is 3.30. The van der Waals surface area contributed by atoms with Gasteiger partial charge in [0.2, 0.25) is 53.2 Å². The lowest BCUT2D eigenvalue weighted by atomic mass is 9.98. The summed E-state index contributed by atoms with van der Waals surface area (Å²) in [6, 6.07) is -6.37. The summed E-state index contributed by atoms with van der Waals surface area (Å²) in [6.45, 7) is 6.47. The van der Waals surface area contributed by atoms with Crippen molar-refractivity contribution in [1.29, 1.82) is 0 Å². The summed E-state index contributed by atoms with van der Waals surface area (Å²) < 4.78 is 0. The van der Waals surface area contributed by atoms with E-state index in [0.29, 0.717) is 49.2 Å². The highest BCUT2D eigenvalue weighted by molar-refractivity contribution is 7.98. The Balaban J connectivity index is 2.39. The third-order valence-corrected chi connectivity index (χ3v) is 14.2. The van der Waals surface area contributed by atoms with E-state index in [1.54, 1.807) is 34.0 Å². The molecule has 0 aliphatic heterocycles. The van der Waals surface area contributed by atoms with Gasteiger partial charge in [-0.2, -0.15) is 11.8 Å². The van der Waals surface area contributed by atoms with Crippen LogP contribution in [0.5, 0.6) is 5.75 Å². The molecule has 31 nitrogen and oxygen atoms in total. The molecule has 2 rings (SSSR count). The minimum atomic E-state index is -1.63. The molecule has 0 saturated carbocycles. The lowest BCUT2D eigenvalue weighted by molar-refractivity contribution is -0.142. The summed E-state index contributed by atoms with van der Waals surface area (Å²) in [5, 5.41) is 52.5. The van der Waals surface area contributed by atoms with Gasteiger partial charge in [-0.3, -0.25) is 52.9 Å². The van der Waals surface area contributed by atoms with Crippen molar-refractivity contribution in [3.63, 3.8) is 0 Å². The van der Waals surface area contributed by atoms with Crippen molar-refractivity contribution < 1.29 is 68.1 Å². The summed E-state index contributed by atoms with van der Waals surface area (Å²) in [5.74, 6) is -11.4. The van der Waals surface area contributed by atoms with Gasteiger partial charge in [-0.25, -0.2) is 9.78 Å². The topological polar surface area (TPSA) is 528 Å². The molecule has 0 aliphatic rings. The number of aliphatic carboxylic acids is 2. The molecule has 0 saturated heterocycles. The predicted octanol–water partition coefficient (Wildman–Crippen LogP) is -3.45. The predicted molar refractivity (Wildman–Crippen MR) is 323 cm³/mol. The van der Waals surface area contributed by atoms with E-state index in [2.05, 4.69) is 62.8 Å². The summed E-state index contributed by atoms with van der Waals surface area (Å²) in [6.07, 6.45) is 5.46. The van der Waals surface area contributed by atoms with E-state index in [1.807, 2.05) is 0 Å². The van der Waals surface area contributed by atoms with Crippen molar-refractivity contribution in [2.45, 2.75) is 166 Å². The van der Waals surface area contributed by atoms with E-state index in [1.165, 1.54) is 48.6 Å². The molecule has 0 unspecified atom stereocenters. The minimum absolute atomic E-state index is 0.00621. The first kappa shape index (κ1) is 75.0. The molecule has 1 aromatic heterocycles. The summed E-state index contributed by atoms with van der Waals surface area (Å²) in [4.78, 5) is 159. The SMILES string of the molecule is CSCC[C@H](NC(=O)[C@@H](NC(=O)[C@@H](NC(=O)[C@H](CCCN=C(N)N)NC(=O)[C@@H](N)Cc1cnc[nH]1)C(C)C)C(C)C)C(=O)N[C@@H](Cc1ccc(O)cc1)C(=O)N[C@@H](CCC(=O)O)C(=O)NCC(=O)N[C@@H](CCCCN)C(=O)N[C@@H](CCCCN)C(=O)O. The number of nitrogens with two attached hydrogens (primary N) is 5. The number of amides is 9. The first-order valence-electron chi connectivity index (χ1n) is 28.8. The minimum Gasteiger partial charge on any atom is -0.508 e. The number of carboxylic acid groups (broad SMARTS) is 2. The number of carbonyl (C=O) groups is 11. The van der Waals surface area contributed by atoms with Gasteiger partial charge >= 0.3 is 11.9 Å². The maximum absolute atomic E-state index is 14.4. The Kier molecular flexibility index (Phi) is 34.8. The number of aromatic amines is 1. The molecule has 1 heterocycles. The maximum Gasteiger partial charge on any atom is 0.326 e. The quantitative estimate of drug-likeness (QED) is 0.0174. The number of nitrogens with one attached hydrogen (secondary N) is 10. The van der Waals surface area contributed by atoms with E-state index < -0.39 is 151 Å². The van der Waals surface area contributed by atoms with Crippen LogP contribution < -0.4 is 76.5 Å². The van der Waals surface area contributed by atoms with Gasteiger partial charge in [0, 0.05) is 37.7 Å². The first-order valence-corrected chi connectivity index (χ1v) is 30.2. The number of hydrogen-bond acceptors (Lipinski definition) is 18. The highest BCUT2D eigenvalue weighted by Gasteiger charge is 2.36. The summed E-state index contributed by atoms with van der Waals surface area (Å²) in [7, 11) is 0. The number of H-pyrrole nitrogens is 1. The number of carbonyl (C=O) groups excluding carboxylic acids is 9. The number of phenols is 1. The molecule has 9 atom stereocenters. The maximum atomic E-state index is 14.4. The fourth-order valence-electron chi connectivity index (χ4n) is 8.59. The molecule has 87 heavy (non-hydrogen) atoms. The van der Waals surface area contributed by atoms with E-state index in [9.17, 15) is 68.1 Å². The molecule has 0 radical (unpaired) electrons. The van der Waals surface area contributed by atoms with Crippen LogP contribution >= 0.6 is 11.8 Å². The van der Waals surface area contributed by atoms with E-state index >= 15 is 0 Å². The molecule has 9 amide bonds. The van der Waals surface area contributed by atoms with Gasteiger partial charge in [-0.1, -0.05) is 39.8 Å². The third kappa shape index (κ3) is 29.2. The van der Waals surface area contributed by atoms with Crippen LogP contribution in [0, 0.1) is 11.8 Å². The number of hydrogen-bond donors (Lipinski definition) is 18. The monoisotopic (exact) mass is 1250 g/mol. The Labute approximate surface area is 510 Å². The van der Waals surface area contributed by atoms with Crippen LogP contribution in [0.1, 0.15) is 110 Å². The van der Waals surface area contributed by atoms with Gasteiger partial charge in [0.05, 0.1) is 18.9 Å².